The molecule has 1 saturated heterocycles. The first-order valence-electron chi connectivity index (χ1n) is 15.5. The molecule has 4 heterocycles. The largest absolute Gasteiger partial charge is 0.390 e. The van der Waals surface area contributed by atoms with Crippen molar-refractivity contribution in [2.45, 2.75) is 40.7 Å². The van der Waals surface area contributed by atoms with E-state index in [4.69, 9.17) is 9.73 Å². The number of aromatic nitrogens is 2. The van der Waals surface area contributed by atoms with Crippen molar-refractivity contribution in [3.05, 3.63) is 92.3 Å². The van der Waals surface area contributed by atoms with Crippen molar-refractivity contribution in [3.63, 3.8) is 0 Å². The molecule has 3 N–H and O–H groups in total. The molecule has 4 rings (SSSR count). The lowest BCUT2D eigenvalue weighted by Gasteiger charge is -2.31. The van der Waals surface area contributed by atoms with E-state index in [1.807, 2.05) is 51.4 Å². The Labute approximate surface area is 260 Å². The van der Waals surface area contributed by atoms with Crippen molar-refractivity contribution >= 4 is 23.8 Å². The number of nitrogens with zero attached hydrogens (tertiary/aromatic N) is 4. The zero-order chi connectivity index (χ0) is 31.5. The van der Waals surface area contributed by atoms with E-state index < -0.39 is 0 Å². The number of hydrogen-bond donors (Lipinski definition) is 3. The fourth-order valence-corrected chi connectivity index (χ4v) is 5.31. The number of rotatable bonds is 8. The molecule has 2 aromatic rings. The summed E-state index contributed by atoms with van der Waals surface area (Å²) in [4.78, 5) is 36.2. The molecule has 0 spiro atoms. The number of aliphatic imine (C=N–C) groups is 1. The van der Waals surface area contributed by atoms with Gasteiger partial charge >= 0.3 is 0 Å². The quantitative estimate of drug-likeness (QED) is 0.317. The molecule has 0 aromatic carbocycles. The van der Waals surface area contributed by atoms with Crippen molar-refractivity contribution < 1.29 is 9.53 Å². The first kappa shape index (κ1) is 32.8. The zero-order valence-corrected chi connectivity index (χ0v) is 26.8. The van der Waals surface area contributed by atoms with Crippen molar-refractivity contribution in [1.82, 2.24) is 25.2 Å². The van der Waals surface area contributed by atoms with Crippen LogP contribution in [0.4, 0.5) is 0 Å². The van der Waals surface area contributed by atoms with Crippen LogP contribution in [-0.2, 0) is 16.1 Å². The van der Waals surface area contributed by atoms with Crippen LogP contribution in [0.1, 0.15) is 48.3 Å². The minimum Gasteiger partial charge on any atom is -0.390 e. The fourth-order valence-electron chi connectivity index (χ4n) is 5.31. The second-order valence-corrected chi connectivity index (χ2v) is 11.3. The number of carbonyl (C=O) groups is 1. The Bertz CT molecular complexity index is 1500. The number of carbonyl (C=O) groups excluding carboxylic acids is 1. The Morgan fingerprint density at radius 2 is 1.95 bits per heavy atom. The van der Waals surface area contributed by atoms with Gasteiger partial charge in [-0.05, 0) is 75.9 Å². The van der Waals surface area contributed by atoms with Gasteiger partial charge in [0.1, 0.15) is 0 Å². The Kier molecular flexibility index (Phi) is 12.0. The van der Waals surface area contributed by atoms with Crippen molar-refractivity contribution in [2.75, 3.05) is 64.5 Å². The summed E-state index contributed by atoms with van der Waals surface area (Å²) < 4.78 is 7.76. The van der Waals surface area contributed by atoms with Gasteiger partial charge in [-0.2, -0.15) is 0 Å². The number of morpholine rings is 1. The van der Waals surface area contributed by atoms with E-state index in [1.165, 1.54) is 0 Å². The molecule has 10 heteroatoms. The molecular weight excluding hydrogens is 554 g/mol. The van der Waals surface area contributed by atoms with Crippen molar-refractivity contribution in [1.29, 1.82) is 0 Å². The van der Waals surface area contributed by atoms with Crippen LogP contribution in [0.25, 0.3) is 11.6 Å². The highest BCUT2D eigenvalue weighted by Crippen LogP contribution is 2.23. The molecule has 0 bridgehead atoms. The topological polar surface area (TPSA) is 107 Å². The summed E-state index contributed by atoms with van der Waals surface area (Å²) >= 11 is 0. The van der Waals surface area contributed by atoms with E-state index in [0.29, 0.717) is 30.9 Å². The summed E-state index contributed by atoms with van der Waals surface area (Å²) in [5.74, 6) is -0.229. The fraction of sp³-hybridized carbons (Fsp3) is 0.441. The summed E-state index contributed by atoms with van der Waals surface area (Å²) in [6.07, 6.45) is 14.9. The zero-order valence-electron chi connectivity index (χ0n) is 26.8. The summed E-state index contributed by atoms with van der Waals surface area (Å²) in [6.45, 7) is 14.1. The summed E-state index contributed by atoms with van der Waals surface area (Å²) in [5.41, 5.74) is 6.32. The molecule has 0 atom stereocenters. The number of nitrogens with one attached hydrogen (secondary N) is 3. The third-order valence-corrected chi connectivity index (χ3v) is 7.82. The van der Waals surface area contributed by atoms with Gasteiger partial charge in [0, 0.05) is 66.6 Å². The van der Waals surface area contributed by atoms with Crippen LogP contribution in [0, 0.1) is 13.8 Å². The van der Waals surface area contributed by atoms with Crippen LogP contribution < -0.4 is 21.2 Å². The minimum absolute atomic E-state index is 0.145. The van der Waals surface area contributed by atoms with Crippen molar-refractivity contribution in [2.24, 2.45) is 4.99 Å². The molecule has 1 fully saturated rings. The minimum atomic E-state index is -0.229. The van der Waals surface area contributed by atoms with Crippen LogP contribution in [0.2, 0.25) is 0 Å². The Morgan fingerprint density at radius 3 is 2.70 bits per heavy atom. The molecule has 44 heavy (non-hydrogen) atoms. The van der Waals surface area contributed by atoms with E-state index in [9.17, 15) is 9.59 Å². The third kappa shape index (κ3) is 8.93. The number of hydrogen-bond acceptors (Lipinski definition) is 7. The third-order valence-electron chi connectivity index (χ3n) is 7.82. The lowest BCUT2D eigenvalue weighted by Crippen LogP contribution is -2.44. The van der Waals surface area contributed by atoms with Gasteiger partial charge < -0.3 is 30.3 Å². The molecule has 0 aliphatic carbocycles. The normalized spacial score (nSPS) is 20.1. The summed E-state index contributed by atoms with van der Waals surface area (Å²) in [6, 6.07) is 4.02. The second kappa shape index (κ2) is 16.1. The smallest absolute Gasteiger partial charge is 0.253 e. The van der Waals surface area contributed by atoms with Gasteiger partial charge in [-0.25, -0.2) is 0 Å². The van der Waals surface area contributed by atoms with Crippen LogP contribution in [0.3, 0.4) is 0 Å². The molecule has 10 nitrogen and oxygen atoms in total. The average molecular weight is 602 g/mol. The number of amides is 1. The lowest BCUT2D eigenvalue weighted by atomic mass is 10.0. The van der Waals surface area contributed by atoms with Gasteiger partial charge in [0.05, 0.1) is 38.5 Å². The van der Waals surface area contributed by atoms with Gasteiger partial charge in [-0.3, -0.25) is 19.3 Å². The maximum absolute atomic E-state index is 13.7. The first-order chi connectivity index (χ1) is 21.3. The molecule has 2 aliphatic rings. The SMILES string of the molecule is CC/C=C(C)/C(=C\c1cc(C2=C/C=C/NCCN(C)CC/N=C\2)cn1N1CCOCC1)C(=O)NCc1c(C)cc(C)[nH]c1=O. The Hall–Kier alpha value is -4.15. The predicted octanol–water partition coefficient (Wildman–Crippen LogP) is 3.32. The van der Waals surface area contributed by atoms with Crippen molar-refractivity contribution in [3.8, 4) is 0 Å². The lowest BCUT2D eigenvalue weighted by molar-refractivity contribution is -0.117. The van der Waals surface area contributed by atoms with Gasteiger partial charge in [-0.1, -0.05) is 19.1 Å². The van der Waals surface area contributed by atoms with Gasteiger partial charge in [0.25, 0.3) is 11.5 Å². The van der Waals surface area contributed by atoms with Crippen LogP contribution in [-0.4, -0.2) is 86.2 Å². The highest BCUT2D eigenvalue weighted by Gasteiger charge is 2.19. The predicted molar refractivity (Wildman–Crippen MR) is 180 cm³/mol. The second-order valence-electron chi connectivity index (χ2n) is 11.3. The standard InChI is InChI=1S/C34H47N7O3/c1-6-8-25(2)31(33(42)37-23-32-26(3)19-27(4)38-34(32)43)21-30-20-29(24-41(30)40-15-17-44-18-16-40)28-9-7-10-35-11-13-39(5)14-12-36-22-28/h7-10,19-22,24,35H,6,11-18,23H2,1-5H3,(H,37,42)(H,38,43)/b10-7+,25-8+,28-9+,31-21+,36-22-. The van der Waals surface area contributed by atoms with Gasteiger partial charge in [0.15, 0.2) is 0 Å². The number of H-pyrrole nitrogens is 1. The molecule has 1 amide bonds. The molecule has 2 aliphatic heterocycles. The number of allylic oxidation sites excluding steroid dienone is 4. The van der Waals surface area contributed by atoms with Crippen LogP contribution in [0.5, 0.6) is 0 Å². The maximum atomic E-state index is 13.7. The van der Waals surface area contributed by atoms with E-state index in [0.717, 1.165) is 72.8 Å². The van der Waals surface area contributed by atoms with Crippen LogP contribution >= 0.6 is 0 Å². The number of ether oxygens (including phenoxy) is 1. The van der Waals surface area contributed by atoms with Crippen LogP contribution in [0.15, 0.2) is 63.7 Å². The molecular formula is C34H47N7O3. The Morgan fingerprint density at radius 1 is 1.16 bits per heavy atom. The summed E-state index contributed by atoms with van der Waals surface area (Å²) in [5, 5.41) is 8.60. The summed E-state index contributed by atoms with van der Waals surface area (Å²) in [7, 11) is 2.10. The molecule has 2 aromatic heterocycles. The highest BCUT2D eigenvalue weighted by molar-refractivity contribution is 6.10. The van der Waals surface area contributed by atoms with Gasteiger partial charge in [-0.15, -0.1) is 0 Å². The maximum Gasteiger partial charge on any atom is 0.253 e. The first-order valence-corrected chi connectivity index (χ1v) is 15.5. The van der Waals surface area contributed by atoms with E-state index in [2.05, 4.69) is 68.6 Å². The van der Waals surface area contributed by atoms with E-state index >= 15 is 0 Å². The molecule has 0 radical (unpaired) electrons. The number of aryl methyl sites for hydroxylation is 2. The van der Waals surface area contributed by atoms with E-state index in [1.54, 1.807) is 0 Å². The van der Waals surface area contributed by atoms with E-state index in [-0.39, 0.29) is 18.0 Å². The van der Waals surface area contributed by atoms with Gasteiger partial charge in [0.2, 0.25) is 0 Å². The molecule has 0 saturated carbocycles. The highest BCUT2D eigenvalue weighted by atomic mass is 16.5. The number of pyridine rings is 1. The molecule has 236 valence electrons. The molecule has 0 unspecified atom stereocenters. The number of aromatic amines is 1. The number of likely N-dealkylation sites (N-methyl/N-ethyl adjacent to an activating group) is 1. The Balaban J connectivity index is 1.73. The average Bonchev–Trinajstić information content (AvgIpc) is 3.41. The monoisotopic (exact) mass is 601 g/mol.